The molecule has 2 rings (SSSR count). The van der Waals surface area contributed by atoms with E-state index in [1.807, 2.05) is 0 Å². The van der Waals surface area contributed by atoms with Crippen molar-refractivity contribution in [1.82, 2.24) is 0 Å². The quantitative estimate of drug-likeness (QED) is 0.806. The third-order valence-corrected chi connectivity index (χ3v) is 3.05. The smallest absolute Gasteiger partial charge is 0.350 e. The molecule has 0 aromatic heterocycles. The fraction of sp³-hybridized carbons (Fsp3) is 0.300. The molecule has 1 aromatic rings. The van der Waals surface area contributed by atoms with E-state index >= 15 is 0 Å². The van der Waals surface area contributed by atoms with E-state index in [0.29, 0.717) is 0 Å². The van der Waals surface area contributed by atoms with Gasteiger partial charge < -0.3 is 9.94 Å². The molecule has 3 nitrogen and oxygen atoms in total. The van der Waals surface area contributed by atoms with Gasteiger partial charge in [-0.2, -0.15) is 13.2 Å². The number of hydrogen-bond donors (Lipinski definition) is 1. The Kier molecular flexibility index (Phi) is 3.10. The third-order valence-electron chi connectivity index (χ3n) is 2.41. The summed E-state index contributed by atoms with van der Waals surface area (Å²) in [6.07, 6.45) is -5.84. The molecule has 18 heavy (non-hydrogen) atoms. The fourth-order valence-electron chi connectivity index (χ4n) is 1.40. The van der Waals surface area contributed by atoms with Crippen molar-refractivity contribution in [3.05, 3.63) is 34.1 Å². The number of halogens is 5. The molecule has 0 bridgehead atoms. The van der Waals surface area contributed by atoms with Crippen LogP contribution < -0.4 is 0 Å². The van der Waals surface area contributed by atoms with Crippen LogP contribution in [0.4, 0.5) is 17.6 Å². The van der Waals surface area contributed by atoms with Crippen LogP contribution in [0.2, 0.25) is 0 Å². The first-order valence-electron chi connectivity index (χ1n) is 4.72. The number of aliphatic hydroxyl groups is 1. The van der Waals surface area contributed by atoms with E-state index in [-0.39, 0.29) is 15.7 Å². The Balaban J connectivity index is 2.26. The Morgan fingerprint density at radius 2 is 2.06 bits per heavy atom. The highest BCUT2D eigenvalue weighted by Crippen LogP contribution is 2.39. The molecule has 0 saturated heterocycles. The Hall–Kier alpha value is -1.15. The second-order valence-corrected chi connectivity index (χ2v) is 4.57. The van der Waals surface area contributed by atoms with E-state index in [0.717, 1.165) is 6.07 Å². The molecule has 0 radical (unpaired) electrons. The van der Waals surface area contributed by atoms with Gasteiger partial charge in [0.15, 0.2) is 0 Å². The number of alkyl halides is 3. The molecule has 8 heteroatoms. The molecular weight excluding hydrogens is 322 g/mol. The van der Waals surface area contributed by atoms with Gasteiger partial charge in [0.2, 0.25) is 0 Å². The highest BCUT2D eigenvalue weighted by atomic mass is 79.9. The van der Waals surface area contributed by atoms with Crippen molar-refractivity contribution >= 4 is 21.6 Å². The van der Waals surface area contributed by atoms with Crippen LogP contribution in [0, 0.1) is 5.82 Å². The summed E-state index contributed by atoms with van der Waals surface area (Å²) in [6, 6.07) is 3.71. The van der Waals surface area contributed by atoms with Gasteiger partial charge in [-0.3, -0.25) is 0 Å². The Bertz CT molecular complexity index is 517. The molecule has 1 atom stereocenters. The first-order chi connectivity index (χ1) is 8.23. The minimum atomic E-state index is -4.97. The molecule has 0 spiro atoms. The zero-order valence-corrected chi connectivity index (χ0v) is 10.2. The number of oxime groups is 1. The number of nitrogens with zero attached hydrogens (tertiary/aromatic N) is 1. The van der Waals surface area contributed by atoms with Gasteiger partial charge in [-0.1, -0.05) is 11.2 Å². The van der Waals surface area contributed by atoms with Crippen LogP contribution >= 0.6 is 15.9 Å². The number of rotatable bonds is 1. The average molecular weight is 328 g/mol. The lowest BCUT2D eigenvalue weighted by atomic mass is 10.0. The maximum Gasteiger partial charge on any atom is 0.458 e. The van der Waals surface area contributed by atoms with Crippen molar-refractivity contribution < 1.29 is 27.5 Å². The van der Waals surface area contributed by atoms with Gasteiger partial charge in [-0.05, 0) is 28.1 Å². The van der Waals surface area contributed by atoms with Crippen LogP contribution in [0.15, 0.2) is 27.8 Å². The largest absolute Gasteiger partial charge is 0.458 e. The molecule has 0 fully saturated rings. The lowest BCUT2D eigenvalue weighted by Gasteiger charge is -2.22. The minimum Gasteiger partial charge on any atom is -0.350 e. The summed E-state index contributed by atoms with van der Waals surface area (Å²) >= 11 is 2.92. The lowest BCUT2D eigenvalue weighted by molar-refractivity contribution is -0.355. The van der Waals surface area contributed by atoms with Crippen molar-refractivity contribution in [2.75, 3.05) is 0 Å². The monoisotopic (exact) mass is 327 g/mol. The zero-order chi connectivity index (χ0) is 13.6. The van der Waals surface area contributed by atoms with Gasteiger partial charge in [0.05, 0.1) is 16.6 Å². The van der Waals surface area contributed by atoms with E-state index in [4.69, 9.17) is 0 Å². The number of hydrogen-bond acceptors (Lipinski definition) is 3. The molecule has 1 aliphatic rings. The Morgan fingerprint density at radius 3 is 2.56 bits per heavy atom. The summed E-state index contributed by atoms with van der Waals surface area (Å²) in [5.41, 5.74) is -0.0444. The summed E-state index contributed by atoms with van der Waals surface area (Å²) in [5.74, 6) is -3.98. The molecule has 0 amide bonds. The van der Waals surface area contributed by atoms with E-state index in [1.54, 1.807) is 0 Å². The van der Waals surface area contributed by atoms with Gasteiger partial charge in [0, 0.05) is 5.56 Å². The molecule has 0 aliphatic carbocycles. The van der Waals surface area contributed by atoms with Gasteiger partial charge in [0.25, 0.3) is 0 Å². The number of benzene rings is 1. The maximum atomic E-state index is 13.2. The topological polar surface area (TPSA) is 41.8 Å². The van der Waals surface area contributed by atoms with Crippen molar-refractivity contribution in [1.29, 1.82) is 0 Å². The van der Waals surface area contributed by atoms with Crippen molar-refractivity contribution in [3.8, 4) is 0 Å². The van der Waals surface area contributed by atoms with Crippen LogP contribution in [-0.2, 0) is 4.84 Å². The lowest BCUT2D eigenvalue weighted by Crippen LogP contribution is -2.45. The Labute approximate surface area is 107 Å². The van der Waals surface area contributed by atoms with Gasteiger partial charge in [-0.25, -0.2) is 4.39 Å². The molecular formula is C10H6BrF4NO2. The van der Waals surface area contributed by atoms with Crippen LogP contribution in [0.1, 0.15) is 12.0 Å². The first-order valence-corrected chi connectivity index (χ1v) is 5.52. The molecule has 1 aliphatic heterocycles. The summed E-state index contributed by atoms with van der Waals surface area (Å²) in [7, 11) is 0. The van der Waals surface area contributed by atoms with Crippen LogP contribution in [0.25, 0.3) is 0 Å². The van der Waals surface area contributed by atoms with Crippen molar-refractivity contribution in [2.24, 2.45) is 5.16 Å². The standard InChI is InChI=1S/C10H6BrF4NO2/c11-6-2-1-5(3-7(6)12)8-4-9(17,18-16-8)10(13,14)15/h1-3,17H,4H2. The van der Waals surface area contributed by atoms with E-state index in [1.165, 1.54) is 12.1 Å². The fourth-order valence-corrected chi connectivity index (χ4v) is 1.65. The predicted octanol–water partition coefficient (Wildman–Crippen LogP) is 2.96. The van der Waals surface area contributed by atoms with Gasteiger partial charge in [0.1, 0.15) is 5.82 Å². The second kappa shape index (κ2) is 4.20. The summed E-state index contributed by atoms with van der Waals surface area (Å²) in [5, 5.41) is 12.4. The highest BCUT2D eigenvalue weighted by Gasteiger charge is 2.60. The van der Waals surface area contributed by atoms with E-state index in [2.05, 4.69) is 25.9 Å². The predicted molar refractivity (Wildman–Crippen MR) is 57.3 cm³/mol. The first kappa shape index (κ1) is 13.3. The Morgan fingerprint density at radius 1 is 1.39 bits per heavy atom. The van der Waals surface area contributed by atoms with Crippen LogP contribution in [0.3, 0.4) is 0 Å². The highest BCUT2D eigenvalue weighted by molar-refractivity contribution is 9.10. The van der Waals surface area contributed by atoms with Crippen molar-refractivity contribution in [3.63, 3.8) is 0 Å². The summed E-state index contributed by atoms with van der Waals surface area (Å²) in [6.45, 7) is 0. The zero-order valence-electron chi connectivity index (χ0n) is 8.63. The molecule has 1 aromatic carbocycles. The van der Waals surface area contributed by atoms with E-state index < -0.39 is 24.2 Å². The van der Waals surface area contributed by atoms with Crippen LogP contribution in [0.5, 0.6) is 0 Å². The molecule has 98 valence electrons. The van der Waals surface area contributed by atoms with Gasteiger partial charge in [-0.15, -0.1) is 0 Å². The maximum absolute atomic E-state index is 13.2. The second-order valence-electron chi connectivity index (χ2n) is 3.72. The third kappa shape index (κ3) is 2.22. The molecule has 1 unspecified atom stereocenters. The van der Waals surface area contributed by atoms with Crippen molar-refractivity contribution in [2.45, 2.75) is 18.4 Å². The summed E-state index contributed by atoms with van der Waals surface area (Å²) in [4.78, 5) is 4.03. The normalized spacial score (nSPS) is 23.8. The van der Waals surface area contributed by atoms with Gasteiger partial charge >= 0.3 is 12.0 Å². The molecule has 0 saturated carbocycles. The summed E-state index contributed by atoms with van der Waals surface area (Å²) < 4.78 is 50.8. The SMILES string of the molecule is OC1(C(F)(F)F)CC(c2ccc(Br)c(F)c2)=NO1. The molecule has 1 heterocycles. The van der Waals surface area contributed by atoms with E-state index in [9.17, 15) is 22.7 Å². The molecule has 1 N–H and O–H groups in total. The minimum absolute atomic E-state index is 0.121. The average Bonchev–Trinajstić information content (AvgIpc) is 2.66. The van der Waals surface area contributed by atoms with Crippen LogP contribution in [-0.4, -0.2) is 22.8 Å².